The second kappa shape index (κ2) is 7.79. The van der Waals surface area contributed by atoms with E-state index in [1.165, 1.54) is 6.07 Å². The quantitative estimate of drug-likeness (QED) is 0.888. The van der Waals surface area contributed by atoms with Gasteiger partial charge >= 0.3 is 0 Å². The number of amides is 1. The Balaban J connectivity index is 1.71. The van der Waals surface area contributed by atoms with Crippen molar-refractivity contribution in [1.82, 2.24) is 5.32 Å². The van der Waals surface area contributed by atoms with Gasteiger partial charge in [0.05, 0.1) is 12.5 Å². The minimum Gasteiger partial charge on any atom is -0.381 e. The summed E-state index contributed by atoms with van der Waals surface area (Å²) < 4.78 is 20.0. The minimum absolute atomic E-state index is 0.0316. The fourth-order valence-corrected chi connectivity index (χ4v) is 3.24. The van der Waals surface area contributed by atoms with Gasteiger partial charge in [-0.3, -0.25) is 4.79 Å². The number of halogens is 1. The molecule has 0 radical (unpaired) electrons. The van der Waals surface area contributed by atoms with E-state index in [-0.39, 0.29) is 17.8 Å². The van der Waals surface area contributed by atoms with Crippen LogP contribution >= 0.6 is 0 Å². The molecule has 1 heterocycles. The Morgan fingerprint density at radius 1 is 1.16 bits per heavy atom. The maximum absolute atomic E-state index is 14.6. The Morgan fingerprint density at radius 2 is 1.92 bits per heavy atom. The summed E-state index contributed by atoms with van der Waals surface area (Å²) in [5, 5.41) is 3.01. The van der Waals surface area contributed by atoms with Crippen molar-refractivity contribution in [3.63, 3.8) is 0 Å². The maximum atomic E-state index is 14.6. The van der Waals surface area contributed by atoms with Gasteiger partial charge in [0.15, 0.2) is 0 Å². The molecule has 132 valence electrons. The van der Waals surface area contributed by atoms with E-state index in [1.807, 2.05) is 43.3 Å². The Hall–Kier alpha value is -2.20. The zero-order chi connectivity index (χ0) is 17.8. The van der Waals surface area contributed by atoms with Crippen molar-refractivity contribution in [2.24, 2.45) is 5.92 Å². The van der Waals surface area contributed by atoms with Crippen molar-refractivity contribution >= 4 is 5.91 Å². The third-order valence-electron chi connectivity index (χ3n) is 5.01. The fourth-order valence-electron chi connectivity index (χ4n) is 3.24. The SMILES string of the molecule is CC(C(=O)N[C@H](C)C1CCOC1)c1ccc(-c2ccccc2)cc1F. The highest BCUT2D eigenvalue weighted by Crippen LogP contribution is 2.26. The molecular weight excluding hydrogens is 317 g/mol. The Bertz CT molecular complexity index is 726. The maximum Gasteiger partial charge on any atom is 0.227 e. The normalized spacial score (nSPS) is 19.4. The van der Waals surface area contributed by atoms with Crippen LogP contribution in [0.5, 0.6) is 0 Å². The smallest absolute Gasteiger partial charge is 0.227 e. The zero-order valence-electron chi connectivity index (χ0n) is 14.7. The van der Waals surface area contributed by atoms with Crippen LogP contribution in [0.1, 0.15) is 31.7 Å². The molecule has 0 bridgehead atoms. The zero-order valence-corrected chi connectivity index (χ0v) is 14.7. The number of ether oxygens (including phenoxy) is 1. The summed E-state index contributed by atoms with van der Waals surface area (Å²) in [5.41, 5.74) is 2.19. The molecule has 1 N–H and O–H groups in total. The third kappa shape index (κ3) is 4.07. The number of nitrogens with one attached hydrogen (secondary N) is 1. The van der Waals surface area contributed by atoms with Gasteiger partial charge in [-0.05, 0) is 43.0 Å². The van der Waals surface area contributed by atoms with E-state index in [0.717, 1.165) is 24.2 Å². The second-order valence-corrected chi connectivity index (χ2v) is 6.74. The number of carbonyl (C=O) groups excluding carboxylic acids is 1. The fraction of sp³-hybridized carbons (Fsp3) is 0.381. The summed E-state index contributed by atoms with van der Waals surface area (Å²) in [7, 11) is 0. The van der Waals surface area contributed by atoms with E-state index in [9.17, 15) is 9.18 Å². The van der Waals surface area contributed by atoms with Crippen molar-refractivity contribution in [2.75, 3.05) is 13.2 Å². The lowest BCUT2D eigenvalue weighted by Gasteiger charge is -2.22. The molecule has 2 unspecified atom stereocenters. The van der Waals surface area contributed by atoms with Crippen molar-refractivity contribution in [3.05, 3.63) is 59.9 Å². The average molecular weight is 341 g/mol. The molecule has 1 aliphatic heterocycles. The molecule has 1 saturated heterocycles. The molecule has 3 rings (SSSR count). The van der Waals surface area contributed by atoms with Gasteiger partial charge in [-0.1, -0.05) is 42.5 Å². The topological polar surface area (TPSA) is 38.3 Å². The van der Waals surface area contributed by atoms with Gasteiger partial charge in [0.1, 0.15) is 5.82 Å². The van der Waals surface area contributed by atoms with E-state index in [2.05, 4.69) is 5.32 Å². The first kappa shape index (κ1) is 17.6. The number of benzene rings is 2. The molecule has 0 saturated carbocycles. The van der Waals surface area contributed by atoms with Crippen LogP contribution in [0.4, 0.5) is 4.39 Å². The number of carbonyl (C=O) groups is 1. The lowest BCUT2D eigenvalue weighted by atomic mass is 9.94. The standard InChI is InChI=1S/C21H24FNO2/c1-14(21(24)23-15(2)18-10-11-25-13-18)19-9-8-17(12-20(19)22)16-6-4-3-5-7-16/h3-9,12,14-15,18H,10-11,13H2,1-2H3,(H,23,24)/t14?,15-,18?/m1/s1. The molecule has 25 heavy (non-hydrogen) atoms. The van der Waals surface area contributed by atoms with Gasteiger partial charge in [-0.2, -0.15) is 0 Å². The third-order valence-corrected chi connectivity index (χ3v) is 5.01. The van der Waals surface area contributed by atoms with Crippen molar-refractivity contribution in [2.45, 2.75) is 32.2 Å². The van der Waals surface area contributed by atoms with Gasteiger partial charge in [0.25, 0.3) is 0 Å². The summed E-state index contributed by atoms with van der Waals surface area (Å²) in [5.74, 6) is -0.692. The number of hydrogen-bond donors (Lipinski definition) is 1. The van der Waals surface area contributed by atoms with Crippen LogP contribution in [0.2, 0.25) is 0 Å². The van der Waals surface area contributed by atoms with Gasteiger partial charge in [-0.15, -0.1) is 0 Å². The minimum atomic E-state index is -0.533. The summed E-state index contributed by atoms with van der Waals surface area (Å²) in [6, 6.07) is 14.8. The van der Waals surface area contributed by atoms with Crippen LogP contribution in [0, 0.1) is 11.7 Å². The van der Waals surface area contributed by atoms with Gasteiger partial charge < -0.3 is 10.1 Å². The molecule has 1 aliphatic rings. The highest BCUT2D eigenvalue weighted by atomic mass is 19.1. The molecule has 0 aromatic heterocycles. The largest absolute Gasteiger partial charge is 0.381 e. The molecule has 2 aromatic rings. The van der Waals surface area contributed by atoms with Crippen LogP contribution in [0.15, 0.2) is 48.5 Å². The predicted molar refractivity (Wildman–Crippen MR) is 96.8 cm³/mol. The van der Waals surface area contributed by atoms with Gasteiger partial charge in [0, 0.05) is 18.6 Å². The summed E-state index contributed by atoms with van der Waals surface area (Å²) in [6.07, 6.45) is 0.954. The molecule has 1 fully saturated rings. The molecule has 3 atom stereocenters. The van der Waals surface area contributed by atoms with Crippen LogP contribution in [-0.2, 0) is 9.53 Å². The molecule has 3 nitrogen and oxygen atoms in total. The van der Waals surface area contributed by atoms with Crippen molar-refractivity contribution < 1.29 is 13.9 Å². The highest BCUT2D eigenvalue weighted by Gasteiger charge is 2.26. The summed E-state index contributed by atoms with van der Waals surface area (Å²) in [6.45, 7) is 5.15. The Kier molecular flexibility index (Phi) is 5.49. The summed E-state index contributed by atoms with van der Waals surface area (Å²) in [4.78, 5) is 12.5. The summed E-state index contributed by atoms with van der Waals surface area (Å²) >= 11 is 0. The van der Waals surface area contributed by atoms with E-state index in [1.54, 1.807) is 13.0 Å². The van der Waals surface area contributed by atoms with Gasteiger partial charge in [-0.25, -0.2) is 4.39 Å². The molecule has 4 heteroatoms. The predicted octanol–water partition coefficient (Wildman–Crippen LogP) is 4.14. The first-order valence-corrected chi connectivity index (χ1v) is 8.79. The van der Waals surface area contributed by atoms with Gasteiger partial charge in [0.2, 0.25) is 5.91 Å². The Morgan fingerprint density at radius 3 is 2.56 bits per heavy atom. The second-order valence-electron chi connectivity index (χ2n) is 6.74. The van der Waals surface area contributed by atoms with Crippen molar-refractivity contribution in [1.29, 1.82) is 0 Å². The molecule has 2 aromatic carbocycles. The monoisotopic (exact) mass is 341 g/mol. The van der Waals surface area contributed by atoms with E-state index in [4.69, 9.17) is 4.74 Å². The molecule has 0 spiro atoms. The Labute approximate surface area is 148 Å². The van der Waals surface area contributed by atoms with E-state index < -0.39 is 5.92 Å². The molecule has 0 aliphatic carbocycles. The molecule has 1 amide bonds. The number of rotatable bonds is 5. The first-order valence-electron chi connectivity index (χ1n) is 8.79. The van der Waals surface area contributed by atoms with Crippen LogP contribution in [0.25, 0.3) is 11.1 Å². The lowest BCUT2D eigenvalue weighted by Crippen LogP contribution is -2.40. The van der Waals surface area contributed by atoms with E-state index in [0.29, 0.717) is 18.1 Å². The number of hydrogen-bond acceptors (Lipinski definition) is 2. The van der Waals surface area contributed by atoms with Crippen LogP contribution in [0.3, 0.4) is 0 Å². The van der Waals surface area contributed by atoms with E-state index >= 15 is 0 Å². The molecular formula is C21H24FNO2. The van der Waals surface area contributed by atoms with Crippen LogP contribution < -0.4 is 5.32 Å². The average Bonchev–Trinajstić information content (AvgIpc) is 3.16. The highest BCUT2D eigenvalue weighted by molar-refractivity contribution is 5.83. The van der Waals surface area contributed by atoms with Crippen LogP contribution in [-0.4, -0.2) is 25.2 Å². The lowest BCUT2D eigenvalue weighted by molar-refractivity contribution is -0.123. The first-order chi connectivity index (χ1) is 12.1. The van der Waals surface area contributed by atoms with Crippen molar-refractivity contribution in [3.8, 4) is 11.1 Å².